The Morgan fingerprint density at radius 1 is 0.216 bits per heavy atom. The predicted molar refractivity (Wildman–Crippen MR) is 460 cm³/mol. The number of ether oxygens (including phenoxy) is 4. The maximum atomic E-state index is 13.2. The molecule has 0 aliphatic rings. The van der Waals surface area contributed by atoms with Crippen LogP contribution in [0.2, 0.25) is 0 Å². The lowest BCUT2D eigenvalue weighted by molar-refractivity contribution is -0.161. The molecular weight excluding hydrogens is 1440 g/mol. The van der Waals surface area contributed by atoms with Gasteiger partial charge < -0.3 is 33.8 Å². The van der Waals surface area contributed by atoms with Crippen LogP contribution in [-0.4, -0.2) is 96.7 Å². The van der Waals surface area contributed by atoms with Gasteiger partial charge in [-0.25, -0.2) is 9.13 Å². The van der Waals surface area contributed by atoms with Crippen molar-refractivity contribution >= 4 is 39.5 Å². The number of phosphoric ester groups is 2. The molecule has 3 N–H and O–H groups in total. The summed E-state index contributed by atoms with van der Waals surface area (Å²) in [6.07, 6.45) is 83.9. The highest BCUT2D eigenvalue weighted by Gasteiger charge is 2.31. The van der Waals surface area contributed by atoms with Crippen LogP contribution in [0, 0.1) is 0 Å². The molecule has 0 heterocycles. The van der Waals surface area contributed by atoms with E-state index in [1.54, 1.807) is 0 Å². The molecule has 0 bridgehead atoms. The largest absolute Gasteiger partial charge is 0.472 e. The molecule has 0 saturated heterocycles. The topological polar surface area (TPSA) is 237 Å². The van der Waals surface area contributed by atoms with Crippen molar-refractivity contribution < 1.29 is 80.2 Å². The number of hydrogen-bond donors (Lipinski definition) is 3. The minimum absolute atomic E-state index is 0.109. The molecule has 5 atom stereocenters. The Morgan fingerprint density at radius 3 is 0.532 bits per heavy atom. The molecule has 0 aromatic heterocycles. The number of aliphatic hydroxyl groups is 1. The second-order valence-corrected chi connectivity index (χ2v) is 36.0. The Morgan fingerprint density at radius 2 is 0.360 bits per heavy atom. The lowest BCUT2D eigenvalue weighted by Crippen LogP contribution is -2.30. The molecule has 660 valence electrons. The fourth-order valence-electron chi connectivity index (χ4n) is 14.6. The van der Waals surface area contributed by atoms with Crippen molar-refractivity contribution in [3.8, 4) is 0 Å². The molecule has 0 spiro atoms. The number of esters is 4. The van der Waals surface area contributed by atoms with Crippen molar-refractivity contribution in [3.63, 3.8) is 0 Å². The number of unbranched alkanes of at least 4 members (excludes halogenated alkanes) is 67. The van der Waals surface area contributed by atoms with Gasteiger partial charge >= 0.3 is 39.5 Å². The zero-order valence-corrected chi connectivity index (χ0v) is 74.7. The van der Waals surface area contributed by atoms with Crippen LogP contribution in [0.15, 0.2) is 0 Å². The third-order valence-corrected chi connectivity index (χ3v) is 23.8. The van der Waals surface area contributed by atoms with E-state index in [-0.39, 0.29) is 25.7 Å². The maximum Gasteiger partial charge on any atom is 0.472 e. The van der Waals surface area contributed by atoms with Crippen LogP contribution < -0.4 is 0 Å². The summed E-state index contributed by atoms with van der Waals surface area (Å²) in [7, 11) is -9.93. The van der Waals surface area contributed by atoms with Crippen LogP contribution in [-0.2, 0) is 65.4 Å². The zero-order chi connectivity index (χ0) is 81.0. The van der Waals surface area contributed by atoms with Gasteiger partial charge in [0.2, 0.25) is 0 Å². The number of aliphatic hydroxyl groups excluding tert-OH is 1. The minimum Gasteiger partial charge on any atom is -0.462 e. The summed E-state index contributed by atoms with van der Waals surface area (Å²) in [6, 6.07) is 0. The zero-order valence-electron chi connectivity index (χ0n) is 73.0. The molecule has 0 fully saturated rings. The van der Waals surface area contributed by atoms with Crippen molar-refractivity contribution in [1.82, 2.24) is 0 Å². The van der Waals surface area contributed by atoms with Crippen molar-refractivity contribution in [2.45, 2.75) is 528 Å². The number of phosphoric acid groups is 2. The van der Waals surface area contributed by atoms with E-state index < -0.39 is 97.5 Å². The molecule has 0 aliphatic heterocycles. The molecular formula is C92H180O17P2. The summed E-state index contributed by atoms with van der Waals surface area (Å²) in [4.78, 5) is 73.2. The lowest BCUT2D eigenvalue weighted by atomic mass is 10.0. The summed E-state index contributed by atoms with van der Waals surface area (Å²) in [5.41, 5.74) is 0. The van der Waals surface area contributed by atoms with Gasteiger partial charge in [0.1, 0.15) is 19.3 Å². The Balaban J connectivity index is 5.12. The highest BCUT2D eigenvalue weighted by atomic mass is 31.2. The van der Waals surface area contributed by atoms with E-state index in [1.165, 1.54) is 327 Å². The Bertz CT molecular complexity index is 2090. The van der Waals surface area contributed by atoms with E-state index in [9.17, 15) is 43.2 Å². The molecule has 17 nitrogen and oxygen atoms in total. The third-order valence-electron chi connectivity index (χ3n) is 21.9. The number of carbonyl (C=O) groups excluding carboxylic acids is 4. The minimum atomic E-state index is -4.97. The van der Waals surface area contributed by atoms with Gasteiger partial charge in [0.15, 0.2) is 12.2 Å². The van der Waals surface area contributed by atoms with Gasteiger partial charge in [0, 0.05) is 25.7 Å². The Kier molecular flexibility index (Phi) is 84.4. The van der Waals surface area contributed by atoms with Gasteiger partial charge in [-0.3, -0.25) is 37.3 Å². The fourth-order valence-corrected chi connectivity index (χ4v) is 16.2. The van der Waals surface area contributed by atoms with Crippen LogP contribution in [0.1, 0.15) is 509 Å². The van der Waals surface area contributed by atoms with E-state index in [0.29, 0.717) is 25.7 Å². The summed E-state index contributed by atoms with van der Waals surface area (Å²) in [5.74, 6) is -2.10. The lowest BCUT2D eigenvalue weighted by Gasteiger charge is -2.21. The first-order chi connectivity index (χ1) is 54.2. The van der Waals surface area contributed by atoms with Crippen LogP contribution in [0.5, 0.6) is 0 Å². The van der Waals surface area contributed by atoms with E-state index >= 15 is 0 Å². The Hall–Kier alpha value is -1.94. The van der Waals surface area contributed by atoms with Gasteiger partial charge in [-0.05, 0) is 25.7 Å². The van der Waals surface area contributed by atoms with E-state index in [1.807, 2.05) is 0 Å². The second kappa shape index (κ2) is 85.9. The molecule has 0 rings (SSSR count). The van der Waals surface area contributed by atoms with Crippen molar-refractivity contribution in [2.75, 3.05) is 39.6 Å². The molecule has 0 radical (unpaired) electrons. The summed E-state index contributed by atoms with van der Waals surface area (Å²) < 4.78 is 68.9. The molecule has 0 aliphatic carbocycles. The van der Waals surface area contributed by atoms with Crippen LogP contribution in [0.3, 0.4) is 0 Å². The van der Waals surface area contributed by atoms with Crippen molar-refractivity contribution in [3.05, 3.63) is 0 Å². The first kappa shape index (κ1) is 109. The summed E-state index contributed by atoms with van der Waals surface area (Å²) in [6.45, 7) is 5.04. The SMILES string of the molecule is CCCCCCCCCCCCCCCCCCCCCCCCC(=O)O[C@H](COC(=O)CCCCCCCCCCCCCCCCCCCCCCC)COP(=O)(O)OC[C@@H](O)COP(=O)(O)OC[C@@H](COC(=O)CCCCCCCCC)OC(=O)CCCCCCCCCCCCCCCCCCCCCCC. The first-order valence-corrected chi connectivity index (χ1v) is 50.8. The molecule has 0 saturated carbocycles. The van der Waals surface area contributed by atoms with Gasteiger partial charge in [0.25, 0.3) is 0 Å². The van der Waals surface area contributed by atoms with Crippen LogP contribution in [0.4, 0.5) is 0 Å². The van der Waals surface area contributed by atoms with Gasteiger partial charge in [-0.1, -0.05) is 458 Å². The number of carbonyl (C=O) groups is 4. The fraction of sp³-hybridized carbons (Fsp3) is 0.957. The predicted octanol–water partition coefficient (Wildman–Crippen LogP) is 28.9. The number of rotatable bonds is 93. The Labute approximate surface area is 683 Å². The molecule has 0 amide bonds. The van der Waals surface area contributed by atoms with Crippen molar-refractivity contribution in [2.24, 2.45) is 0 Å². The monoisotopic (exact) mass is 1620 g/mol. The van der Waals surface area contributed by atoms with Gasteiger partial charge in [-0.2, -0.15) is 0 Å². The van der Waals surface area contributed by atoms with Gasteiger partial charge in [-0.15, -0.1) is 0 Å². The molecule has 111 heavy (non-hydrogen) atoms. The normalized spacial score (nSPS) is 13.6. The highest BCUT2D eigenvalue weighted by Crippen LogP contribution is 2.45. The second-order valence-electron chi connectivity index (χ2n) is 33.1. The average Bonchev–Trinajstić information content (AvgIpc) is 0.900. The standard InChI is InChI=1S/C92H180O17P2/c1-5-9-13-17-21-24-27-30-33-36-39-42-45-48-51-54-57-60-63-67-71-75-79-92(97)109-88(83-103-90(95)77-73-69-65-61-58-55-52-49-46-43-40-37-34-31-28-25-22-18-14-10-6-2)85-107-111(100,101)105-81-86(93)80-104-110(98,99)106-84-87(82-102-89(94)76-72-68-64-20-16-12-8-4)108-91(96)78-74-70-66-62-59-56-53-50-47-44-41-38-35-32-29-26-23-19-15-11-7-3/h86-88,93H,5-85H2,1-4H3,(H,98,99)(H,100,101)/t86-,87+,88+/m0/s1. The number of hydrogen-bond acceptors (Lipinski definition) is 15. The highest BCUT2D eigenvalue weighted by molar-refractivity contribution is 7.47. The van der Waals surface area contributed by atoms with Gasteiger partial charge in [0.05, 0.1) is 26.4 Å². The average molecular weight is 1620 g/mol. The van der Waals surface area contributed by atoms with Crippen LogP contribution in [0.25, 0.3) is 0 Å². The molecule has 2 unspecified atom stereocenters. The van der Waals surface area contributed by atoms with E-state index in [2.05, 4.69) is 27.7 Å². The summed E-state index contributed by atoms with van der Waals surface area (Å²) >= 11 is 0. The summed E-state index contributed by atoms with van der Waals surface area (Å²) in [5, 5.41) is 10.7. The quantitative estimate of drug-likeness (QED) is 0.0222. The third kappa shape index (κ3) is 85.8. The maximum absolute atomic E-state index is 13.2. The first-order valence-electron chi connectivity index (χ1n) is 47.8. The van der Waals surface area contributed by atoms with Crippen LogP contribution >= 0.6 is 15.6 Å². The smallest absolute Gasteiger partial charge is 0.462 e. The van der Waals surface area contributed by atoms with E-state index in [4.69, 9.17) is 37.0 Å². The molecule has 0 aromatic rings. The molecule has 0 aromatic carbocycles. The van der Waals surface area contributed by atoms with E-state index in [0.717, 1.165) is 103 Å². The van der Waals surface area contributed by atoms with Crippen molar-refractivity contribution in [1.29, 1.82) is 0 Å². The molecule has 19 heteroatoms.